The van der Waals surface area contributed by atoms with E-state index in [4.69, 9.17) is 6.57 Å². The minimum absolute atomic E-state index is 0.00327. The van der Waals surface area contributed by atoms with Crippen molar-refractivity contribution >= 4 is 17.3 Å². The molecule has 4 heteroatoms. The number of rotatable bonds is 4. The van der Waals surface area contributed by atoms with Crippen LogP contribution in [0.2, 0.25) is 0 Å². The lowest BCUT2D eigenvalue weighted by Gasteiger charge is -2.28. The molecule has 3 rings (SSSR count). The smallest absolute Gasteiger partial charge is 0.224 e. The van der Waals surface area contributed by atoms with Gasteiger partial charge in [-0.1, -0.05) is 24.3 Å². The number of nitrogens with zero attached hydrogens (tertiary/aromatic N) is 1. The number of amides is 1. The summed E-state index contributed by atoms with van der Waals surface area (Å²) in [5.41, 5.74) is 2.61. The Morgan fingerprint density at radius 1 is 1.04 bits per heavy atom. The Hall–Kier alpha value is -2.67. The van der Waals surface area contributed by atoms with Crippen molar-refractivity contribution in [2.75, 3.05) is 5.32 Å². The van der Waals surface area contributed by atoms with Gasteiger partial charge in [-0.05, 0) is 67.3 Å². The first kappa shape index (κ1) is 17.2. The summed E-state index contributed by atoms with van der Waals surface area (Å²) < 4.78 is 12.9. The van der Waals surface area contributed by atoms with E-state index in [1.165, 1.54) is 17.7 Å². The molecule has 1 aliphatic rings. The molecule has 0 aliphatic heterocycles. The van der Waals surface area contributed by atoms with Gasteiger partial charge < -0.3 is 5.32 Å². The topological polar surface area (TPSA) is 33.5 Å². The summed E-state index contributed by atoms with van der Waals surface area (Å²) in [7, 11) is 0. The minimum atomic E-state index is -0.305. The first-order valence-corrected chi connectivity index (χ1v) is 8.67. The Morgan fingerprint density at radius 2 is 1.68 bits per heavy atom. The van der Waals surface area contributed by atoms with Gasteiger partial charge in [0.25, 0.3) is 0 Å². The quantitative estimate of drug-likeness (QED) is 0.716. The molecule has 0 radical (unpaired) electrons. The molecule has 2 aromatic carbocycles. The molecule has 1 aliphatic carbocycles. The highest BCUT2D eigenvalue weighted by molar-refractivity contribution is 5.90. The summed E-state index contributed by atoms with van der Waals surface area (Å²) in [4.78, 5) is 15.6. The van der Waals surface area contributed by atoms with Crippen LogP contribution in [0, 0.1) is 18.3 Å². The van der Waals surface area contributed by atoms with E-state index in [2.05, 4.69) is 22.3 Å². The van der Waals surface area contributed by atoms with Crippen LogP contribution >= 0.6 is 0 Å². The van der Waals surface area contributed by atoms with Crippen LogP contribution in [0.15, 0.2) is 48.5 Å². The fourth-order valence-corrected chi connectivity index (χ4v) is 3.53. The molecule has 0 heterocycles. The van der Waals surface area contributed by atoms with Crippen molar-refractivity contribution in [3.63, 3.8) is 0 Å². The highest BCUT2D eigenvalue weighted by Gasteiger charge is 2.24. The molecule has 0 aromatic heterocycles. The number of hydrogen-bond acceptors (Lipinski definition) is 1. The number of hydrogen-bond donors (Lipinski definition) is 1. The molecule has 1 fully saturated rings. The van der Waals surface area contributed by atoms with Gasteiger partial charge in [-0.15, -0.1) is 0 Å². The molecule has 0 atom stereocenters. The number of carbonyl (C=O) groups is 1. The van der Waals surface area contributed by atoms with Crippen molar-refractivity contribution in [1.82, 2.24) is 0 Å². The highest BCUT2D eigenvalue weighted by atomic mass is 19.1. The van der Waals surface area contributed by atoms with Crippen molar-refractivity contribution in [2.24, 2.45) is 5.92 Å². The molecule has 1 amide bonds. The third-order valence-electron chi connectivity index (χ3n) is 4.94. The molecule has 1 saturated carbocycles. The van der Waals surface area contributed by atoms with E-state index in [1.807, 2.05) is 12.1 Å². The molecule has 0 spiro atoms. The number of anilines is 1. The molecule has 2 aromatic rings. The summed E-state index contributed by atoms with van der Waals surface area (Å²) in [5.74, 6) is 0.618. The average molecular weight is 336 g/mol. The normalized spacial score (nSPS) is 19.8. The zero-order valence-electron chi connectivity index (χ0n) is 14.0. The van der Waals surface area contributed by atoms with Gasteiger partial charge in [0.2, 0.25) is 5.91 Å². The fraction of sp³-hybridized carbons (Fsp3) is 0.333. The highest BCUT2D eigenvalue weighted by Crippen LogP contribution is 2.37. The summed E-state index contributed by atoms with van der Waals surface area (Å²) >= 11 is 0. The van der Waals surface area contributed by atoms with Crippen molar-refractivity contribution in [1.29, 1.82) is 0 Å². The number of nitrogens with one attached hydrogen (secondary N) is 1. The second-order valence-corrected chi connectivity index (χ2v) is 6.68. The van der Waals surface area contributed by atoms with Crippen molar-refractivity contribution in [3.8, 4) is 0 Å². The summed E-state index contributed by atoms with van der Waals surface area (Å²) in [6, 6.07) is 13.7. The van der Waals surface area contributed by atoms with Crippen LogP contribution in [0.5, 0.6) is 0 Å². The molecule has 0 unspecified atom stereocenters. The Labute approximate surface area is 147 Å². The zero-order chi connectivity index (χ0) is 17.6. The van der Waals surface area contributed by atoms with E-state index in [9.17, 15) is 9.18 Å². The molecule has 25 heavy (non-hydrogen) atoms. The van der Waals surface area contributed by atoms with Gasteiger partial charge in [-0.2, -0.15) is 0 Å². The van der Waals surface area contributed by atoms with Crippen molar-refractivity contribution in [2.45, 2.75) is 38.0 Å². The van der Waals surface area contributed by atoms with Crippen LogP contribution in [0.25, 0.3) is 4.85 Å². The Bertz CT molecular complexity index is 754. The van der Waals surface area contributed by atoms with Crippen LogP contribution in [-0.2, 0) is 4.79 Å². The first-order valence-electron chi connectivity index (χ1n) is 8.67. The Balaban J connectivity index is 1.47. The summed E-state index contributed by atoms with van der Waals surface area (Å²) in [6.45, 7) is 7.01. The number of carbonyl (C=O) groups excluding carboxylic acids is 1. The van der Waals surface area contributed by atoms with Crippen LogP contribution in [-0.4, -0.2) is 5.91 Å². The van der Waals surface area contributed by atoms with Crippen molar-refractivity contribution < 1.29 is 9.18 Å². The van der Waals surface area contributed by atoms with E-state index >= 15 is 0 Å². The van der Waals surface area contributed by atoms with Crippen LogP contribution in [0.4, 0.5) is 15.8 Å². The lowest BCUT2D eigenvalue weighted by molar-refractivity contribution is -0.117. The fourth-order valence-electron chi connectivity index (χ4n) is 3.53. The largest absolute Gasteiger partial charge is 0.326 e. The predicted octanol–water partition coefficient (Wildman–Crippen LogP) is 5.68. The lowest BCUT2D eigenvalue weighted by atomic mass is 9.77. The average Bonchev–Trinajstić information content (AvgIpc) is 2.64. The SMILES string of the molecule is [C-]#[N+]c1ccc(C2CCC(CC(=O)Nc3ccc(F)cc3)CC2)cc1. The van der Waals surface area contributed by atoms with Gasteiger partial charge >= 0.3 is 0 Å². The lowest BCUT2D eigenvalue weighted by Crippen LogP contribution is -2.20. The van der Waals surface area contributed by atoms with Crippen molar-refractivity contribution in [3.05, 3.63) is 71.3 Å². The van der Waals surface area contributed by atoms with E-state index in [0.717, 1.165) is 25.7 Å². The van der Waals surface area contributed by atoms with Crippen LogP contribution < -0.4 is 5.32 Å². The van der Waals surface area contributed by atoms with E-state index < -0.39 is 0 Å². The monoisotopic (exact) mass is 336 g/mol. The molecule has 128 valence electrons. The third kappa shape index (κ3) is 4.67. The van der Waals surface area contributed by atoms with Gasteiger partial charge in [0, 0.05) is 12.1 Å². The van der Waals surface area contributed by atoms with Crippen LogP contribution in [0.3, 0.4) is 0 Å². The maximum absolute atomic E-state index is 12.9. The summed E-state index contributed by atoms with van der Waals surface area (Å²) in [5, 5.41) is 2.84. The van der Waals surface area contributed by atoms with E-state index in [1.54, 1.807) is 12.1 Å². The molecular weight excluding hydrogens is 315 g/mol. The first-order chi connectivity index (χ1) is 12.1. The molecule has 0 bridgehead atoms. The van der Waals surface area contributed by atoms with Gasteiger partial charge in [0.15, 0.2) is 5.69 Å². The standard InChI is InChI=1S/C21H21FN2O/c1-23-19-10-6-17(7-11-19)16-4-2-15(3-5-16)14-21(25)24-20-12-8-18(22)9-13-20/h6-13,15-16H,2-5,14H2,(H,24,25). The zero-order valence-corrected chi connectivity index (χ0v) is 14.0. The van der Waals surface area contributed by atoms with Gasteiger partial charge in [0.1, 0.15) is 5.82 Å². The number of halogens is 1. The molecular formula is C21H21FN2O. The van der Waals surface area contributed by atoms with Crippen LogP contribution in [0.1, 0.15) is 43.6 Å². The number of benzene rings is 2. The third-order valence-corrected chi connectivity index (χ3v) is 4.94. The molecule has 1 N–H and O–H groups in total. The van der Waals surface area contributed by atoms with E-state index in [-0.39, 0.29) is 11.7 Å². The van der Waals surface area contributed by atoms with Gasteiger partial charge in [-0.25, -0.2) is 9.24 Å². The Morgan fingerprint density at radius 3 is 2.28 bits per heavy atom. The van der Waals surface area contributed by atoms with E-state index in [0.29, 0.717) is 29.6 Å². The molecule has 3 nitrogen and oxygen atoms in total. The maximum atomic E-state index is 12.9. The van der Waals surface area contributed by atoms with Gasteiger partial charge in [-0.3, -0.25) is 4.79 Å². The maximum Gasteiger partial charge on any atom is 0.224 e. The molecule has 0 saturated heterocycles. The minimum Gasteiger partial charge on any atom is -0.326 e. The predicted molar refractivity (Wildman–Crippen MR) is 97.0 cm³/mol. The summed E-state index contributed by atoms with van der Waals surface area (Å²) in [6.07, 6.45) is 4.73. The Kier molecular flexibility index (Phi) is 5.45. The second-order valence-electron chi connectivity index (χ2n) is 6.68. The second kappa shape index (κ2) is 7.94. The van der Waals surface area contributed by atoms with Gasteiger partial charge in [0.05, 0.1) is 6.57 Å².